The average Bonchev–Trinajstić information content (AvgIpc) is 2.58. The van der Waals surface area contributed by atoms with Crippen LogP contribution in [0.25, 0.3) is 10.9 Å². The summed E-state index contributed by atoms with van der Waals surface area (Å²) in [5, 5.41) is 5.67. The van der Waals surface area contributed by atoms with Gasteiger partial charge in [-0.3, -0.25) is 4.68 Å². The molecule has 0 fully saturated rings. The van der Waals surface area contributed by atoms with Crippen molar-refractivity contribution >= 4 is 10.9 Å². The standard InChI is InChI=1S/C12H17N3/c1-3-15-8-11-5-4-10(6-9(2)13)7-12(11)14-15/h4-5,7-9H,3,6,13H2,1-2H3. The minimum Gasteiger partial charge on any atom is -0.328 e. The highest BCUT2D eigenvalue weighted by Crippen LogP contribution is 2.15. The van der Waals surface area contributed by atoms with Gasteiger partial charge in [-0.2, -0.15) is 5.10 Å². The highest BCUT2D eigenvalue weighted by atomic mass is 15.3. The normalized spacial score (nSPS) is 13.3. The van der Waals surface area contributed by atoms with Crippen molar-refractivity contribution in [2.75, 3.05) is 0 Å². The van der Waals surface area contributed by atoms with Crippen molar-refractivity contribution in [1.82, 2.24) is 9.78 Å². The third-order valence-electron chi connectivity index (χ3n) is 2.50. The summed E-state index contributed by atoms with van der Waals surface area (Å²) in [6.07, 6.45) is 2.99. The first-order valence-corrected chi connectivity index (χ1v) is 5.40. The second-order valence-corrected chi connectivity index (χ2v) is 4.06. The summed E-state index contributed by atoms with van der Waals surface area (Å²) in [6, 6.07) is 6.58. The first-order valence-electron chi connectivity index (χ1n) is 5.40. The minimum atomic E-state index is 0.204. The van der Waals surface area contributed by atoms with Crippen LogP contribution in [0, 0.1) is 0 Å². The predicted molar refractivity (Wildman–Crippen MR) is 62.8 cm³/mol. The Morgan fingerprint density at radius 1 is 1.47 bits per heavy atom. The first kappa shape index (κ1) is 10.2. The molecule has 0 spiro atoms. The number of hydrogen-bond acceptors (Lipinski definition) is 2. The van der Waals surface area contributed by atoms with Crippen LogP contribution in [0.5, 0.6) is 0 Å². The average molecular weight is 203 g/mol. The van der Waals surface area contributed by atoms with Gasteiger partial charge in [0.2, 0.25) is 0 Å². The topological polar surface area (TPSA) is 43.8 Å². The second-order valence-electron chi connectivity index (χ2n) is 4.06. The van der Waals surface area contributed by atoms with E-state index in [4.69, 9.17) is 5.73 Å². The smallest absolute Gasteiger partial charge is 0.0926 e. The van der Waals surface area contributed by atoms with Gasteiger partial charge in [-0.05, 0) is 31.9 Å². The Balaban J connectivity index is 2.37. The van der Waals surface area contributed by atoms with E-state index < -0.39 is 0 Å². The molecule has 1 atom stereocenters. The summed E-state index contributed by atoms with van der Waals surface area (Å²) in [4.78, 5) is 0. The fourth-order valence-electron chi connectivity index (χ4n) is 1.77. The summed E-state index contributed by atoms with van der Waals surface area (Å²) in [5.74, 6) is 0. The predicted octanol–water partition coefficient (Wildman–Crippen LogP) is 1.95. The molecule has 2 aromatic rings. The largest absolute Gasteiger partial charge is 0.328 e. The van der Waals surface area contributed by atoms with E-state index in [0.717, 1.165) is 18.5 Å². The Morgan fingerprint density at radius 3 is 2.93 bits per heavy atom. The third-order valence-corrected chi connectivity index (χ3v) is 2.50. The summed E-state index contributed by atoms with van der Waals surface area (Å²) < 4.78 is 1.96. The fourth-order valence-corrected chi connectivity index (χ4v) is 1.77. The van der Waals surface area contributed by atoms with Crippen LogP contribution >= 0.6 is 0 Å². The number of aryl methyl sites for hydroxylation is 1. The van der Waals surface area contributed by atoms with Crippen molar-refractivity contribution in [3.05, 3.63) is 30.0 Å². The van der Waals surface area contributed by atoms with Gasteiger partial charge in [0.15, 0.2) is 0 Å². The van der Waals surface area contributed by atoms with Gasteiger partial charge < -0.3 is 5.73 Å². The molecule has 2 N–H and O–H groups in total. The van der Waals surface area contributed by atoms with Gasteiger partial charge in [0.05, 0.1) is 5.52 Å². The molecule has 1 aromatic carbocycles. The molecule has 0 amide bonds. The van der Waals surface area contributed by atoms with E-state index in [1.165, 1.54) is 10.9 Å². The molecule has 0 bridgehead atoms. The quantitative estimate of drug-likeness (QED) is 0.828. The van der Waals surface area contributed by atoms with E-state index >= 15 is 0 Å². The zero-order chi connectivity index (χ0) is 10.8. The molecule has 0 aliphatic carbocycles. The van der Waals surface area contributed by atoms with Crippen LogP contribution in [0.1, 0.15) is 19.4 Å². The van der Waals surface area contributed by atoms with Crippen molar-refractivity contribution in [3.8, 4) is 0 Å². The molecule has 3 nitrogen and oxygen atoms in total. The minimum absolute atomic E-state index is 0.204. The van der Waals surface area contributed by atoms with Crippen LogP contribution in [-0.4, -0.2) is 15.8 Å². The Hall–Kier alpha value is -1.35. The van der Waals surface area contributed by atoms with Crippen LogP contribution in [0.3, 0.4) is 0 Å². The Labute approximate surface area is 89.9 Å². The number of rotatable bonds is 3. The van der Waals surface area contributed by atoms with Crippen LogP contribution in [0.4, 0.5) is 0 Å². The molecule has 1 heterocycles. The van der Waals surface area contributed by atoms with E-state index in [2.05, 4.69) is 36.4 Å². The molecule has 3 heteroatoms. The lowest BCUT2D eigenvalue weighted by Gasteiger charge is -2.03. The van der Waals surface area contributed by atoms with Gasteiger partial charge in [-0.25, -0.2) is 0 Å². The lowest BCUT2D eigenvalue weighted by atomic mass is 10.1. The van der Waals surface area contributed by atoms with Gasteiger partial charge in [-0.1, -0.05) is 12.1 Å². The number of benzene rings is 1. The van der Waals surface area contributed by atoms with Gasteiger partial charge in [0, 0.05) is 24.2 Å². The molecule has 0 saturated carbocycles. The number of nitrogens with zero attached hydrogens (tertiary/aromatic N) is 2. The molecular weight excluding hydrogens is 186 g/mol. The molecule has 15 heavy (non-hydrogen) atoms. The number of fused-ring (bicyclic) bond motifs is 1. The molecule has 1 aromatic heterocycles. The Kier molecular flexibility index (Phi) is 2.73. The van der Waals surface area contributed by atoms with Crippen LogP contribution in [-0.2, 0) is 13.0 Å². The number of aromatic nitrogens is 2. The molecule has 1 unspecified atom stereocenters. The van der Waals surface area contributed by atoms with Crippen LogP contribution in [0.2, 0.25) is 0 Å². The maximum absolute atomic E-state index is 5.77. The van der Waals surface area contributed by atoms with Crippen molar-refractivity contribution in [2.24, 2.45) is 5.73 Å². The van der Waals surface area contributed by atoms with Crippen molar-refractivity contribution in [3.63, 3.8) is 0 Å². The maximum atomic E-state index is 5.77. The third kappa shape index (κ3) is 2.18. The molecular formula is C12H17N3. The summed E-state index contributed by atoms with van der Waals surface area (Å²) >= 11 is 0. The maximum Gasteiger partial charge on any atom is 0.0926 e. The lowest BCUT2D eigenvalue weighted by Crippen LogP contribution is -2.17. The van der Waals surface area contributed by atoms with E-state index in [1.54, 1.807) is 0 Å². The van der Waals surface area contributed by atoms with Gasteiger partial charge >= 0.3 is 0 Å². The number of hydrogen-bond donors (Lipinski definition) is 1. The lowest BCUT2D eigenvalue weighted by molar-refractivity contribution is 0.667. The highest BCUT2D eigenvalue weighted by molar-refractivity contribution is 5.78. The fraction of sp³-hybridized carbons (Fsp3) is 0.417. The number of nitrogens with two attached hydrogens (primary N) is 1. The van der Waals surface area contributed by atoms with Crippen molar-refractivity contribution < 1.29 is 0 Å². The summed E-state index contributed by atoms with van der Waals surface area (Å²) in [6.45, 7) is 5.03. The molecule has 0 saturated heterocycles. The van der Waals surface area contributed by atoms with E-state index in [-0.39, 0.29) is 6.04 Å². The monoisotopic (exact) mass is 203 g/mol. The second kappa shape index (κ2) is 4.03. The SMILES string of the molecule is CCn1cc2ccc(CC(C)N)cc2n1. The van der Waals surface area contributed by atoms with Gasteiger partial charge in [0.1, 0.15) is 0 Å². The molecule has 0 radical (unpaired) electrons. The summed E-state index contributed by atoms with van der Waals surface area (Å²) in [7, 11) is 0. The van der Waals surface area contributed by atoms with Crippen LogP contribution in [0.15, 0.2) is 24.4 Å². The van der Waals surface area contributed by atoms with Gasteiger partial charge in [0.25, 0.3) is 0 Å². The van der Waals surface area contributed by atoms with Crippen molar-refractivity contribution in [1.29, 1.82) is 0 Å². The van der Waals surface area contributed by atoms with Crippen molar-refractivity contribution in [2.45, 2.75) is 32.9 Å². The Morgan fingerprint density at radius 2 is 2.27 bits per heavy atom. The van der Waals surface area contributed by atoms with E-state index in [0.29, 0.717) is 0 Å². The summed E-state index contributed by atoms with van der Waals surface area (Å²) in [5.41, 5.74) is 8.10. The zero-order valence-electron chi connectivity index (χ0n) is 9.27. The van der Waals surface area contributed by atoms with Gasteiger partial charge in [-0.15, -0.1) is 0 Å². The molecule has 2 rings (SSSR count). The van der Waals surface area contributed by atoms with E-state index in [9.17, 15) is 0 Å². The van der Waals surface area contributed by atoms with Crippen LogP contribution < -0.4 is 5.73 Å². The molecule has 0 aliphatic heterocycles. The molecule has 80 valence electrons. The first-order chi connectivity index (χ1) is 7.19. The zero-order valence-corrected chi connectivity index (χ0v) is 9.27. The molecule has 0 aliphatic rings. The highest BCUT2D eigenvalue weighted by Gasteiger charge is 2.02. The van der Waals surface area contributed by atoms with E-state index in [1.807, 2.05) is 11.6 Å². The Bertz CT molecular complexity index is 457.